The van der Waals surface area contributed by atoms with Crippen LogP contribution in [0.15, 0.2) is 76.9 Å². The summed E-state index contributed by atoms with van der Waals surface area (Å²) < 4.78 is 7.75. The van der Waals surface area contributed by atoms with Crippen molar-refractivity contribution in [3.8, 4) is 0 Å². The molecule has 1 N–H and O–H groups in total. The summed E-state index contributed by atoms with van der Waals surface area (Å²) in [5, 5.41) is 16.1. The van der Waals surface area contributed by atoms with Gasteiger partial charge in [-0.15, -0.1) is 16.4 Å². The van der Waals surface area contributed by atoms with E-state index >= 15 is 0 Å². The Bertz CT molecular complexity index is 1570. The van der Waals surface area contributed by atoms with E-state index in [9.17, 15) is 4.79 Å². The number of nitrogens with one attached hydrogen (secondary N) is 1. The predicted octanol–water partition coefficient (Wildman–Crippen LogP) is 4.90. The Morgan fingerprint density at radius 3 is 2.85 bits per heavy atom. The van der Waals surface area contributed by atoms with Crippen molar-refractivity contribution in [2.45, 2.75) is 51.4 Å². The van der Waals surface area contributed by atoms with E-state index in [1.807, 2.05) is 41.9 Å². The number of H-pyrrole nitrogens is 1. The molecule has 4 heterocycles. The van der Waals surface area contributed by atoms with Gasteiger partial charge < -0.3 is 9.72 Å². The predicted molar refractivity (Wildman–Crippen MR) is 153 cm³/mol. The molecule has 0 unspecified atom stereocenters. The number of benzene rings is 2. The van der Waals surface area contributed by atoms with E-state index in [2.05, 4.69) is 67.2 Å². The monoisotopic (exact) mass is 540 g/mol. The summed E-state index contributed by atoms with van der Waals surface area (Å²) in [6.45, 7) is 4.74. The van der Waals surface area contributed by atoms with E-state index in [1.165, 1.54) is 10.4 Å². The van der Waals surface area contributed by atoms with Crippen molar-refractivity contribution >= 4 is 22.2 Å². The number of aromatic amines is 1. The number of hydrogen-bond donors (Lipinski definition) is 1. The number of thiophene rings is 1. The molecule has 0 radical (unpaired) electrons. The minimum Gasteiger partial charge on any atom is -0.376 e. The van der Waals surface area contributed by atoms with Crippen molar-refractivity contribution in [1.29, 1.82) is 0 Å². The summed E-state index contributed by atoms with van der Waals surface area (Å²) in [6.07, 6.45) is 2.92. The summed E-state index contributed by atoms with van der Waals surface area (Å²) in [5.41, 5.74) is 3.66. The Morgan fingerprint density at radius 1 is 1.15 bits per heavy atom. The fourth-order valence-corrected chi connectivity index (χ4v) is 6.17. The summed E-state index contributed by atoms with van der Waals surface area (Å²) in [4.78, 5) is 20.5. The van der Waals surface area contributed by atoms with Crippen LogP contribution >= 0.6 is 11.3 Å². The second kappa shape index (κ2) is 11.6. The van der Waals surface area contributed by atoms with Gasteiger partial charge in [0.1, 0.15) is 6.04 Å². The van der Waals surface area contributed by atoms with E-state index in [-0.39, 0.29) is 11.7 Å². The first-order valence-corrected chi connectivity index (χ1v) is 14.3. The topological polar surface area (TPSA) is 88.9 Å². The van der Waals surface area contributed by atoms with E-state index in [0.717, 1.165) is 48.9 Å². The Hall–Kier alpha value is -3.66. The molecule has 1 aliphatic heterocycles. The first-order chi connectivity index (χ1) is 19.2. The van der Waals surface area contributed by atoms with Crippen LogP contribution in [0.5, 0.6) is 0 Å². The lowest BCUT2D eigenvalue weighted by atomic mass is 10.0. The zero-order valence-electron chi connectivity index (χ0n) is 22.0. The SMILES string of the molecule is Cc1cccc2cc([C@@H](c3nnnn3C[C@@H]3CCCO3)N(CCc3ccccc3)Cc3cccs3)c(=O)[nH]c12. The number of nitrogens with zero attached hydrogens (tertiary/aromatic N) is 5. The quantitative estimate of drug-likeness (QED) is 0.271. The molecule has 0 saturated carbocycles. The third kappa shape index (κ3) is 5.71. The molecule has 5 aromatic rings. The van der Waals surface area contributed by atoms with Crippen LogP contribution in [-0.2, 0) is 24.2 Å². The first kappa shape index (κ1) is 25.6. The van der Waals surface area contributed by atoms with E-state index in [4.69, 9.17) is 4.74 Å². The zero-order valence-corrected chi connectivity index (χ0v) is 22.8. The maximum atomic E-state index is 13.8. The third-order valence-electron chi connectivity index (χ3n) is 7.45. The number of aromatic nitrogens is 5. The van der Waals surface area contributed by atoms with Crippen molar-refractivity contribution < 1.29 is 4.74 Å². The normalized spacial score (nSPS) is 16.3. The second-order valence-electron chi connectivity index (χ2n) is 10.1. The van der Waals surface area contributed by atoms with E-state index in [0.29, 0.717) is 24.5 Å². The zero-order chi connectivity index (χ0) is 26.6. The highest BCUT2D eigenvalue weighted by Crippen LogP contribution is 2.30. The maximum absolute atomic E-state index is 13.8. The molecule has 6 rings (SSSR count). The molecule has 200 valence electrons. The maximum Gasteiger partial charge on any atom is 0.253 e. The number of tetrazole rings is 1. The van der Waals surface area contributed by atoms with Crippen LogP contribution in [-0.4, -0.2) is 49.3 Å². The molecule has 0 spiro atoms. The summed E-state index contributed by atoms with van der Waals surface area (Å²) in [5.74, 6) is 0.660. The van der Waals surface area contributed by atoms with E-state index in [1.54, 1.807) is 11.3 Å². The van der Waals surface area contributed by atoms with Gasteiger partial charge in [-0.05, 0) is 70.6 Å². The second-order valence-corrected chi connectivity index (χ2v) is 11.2. The first-order valence-electron chi connectivity index (χ1n) is 13.5. The summed E-state index contributed by atoms with van der Waals surface area (Å²) in [6, 6.07) is 22.3. The number of ether oxygens (including phenoxy) is 1. The molecular weight excluding hydrogens is 508 g/mol. The Labute approximate surface area is 231 Å². The number of pyridine rings is 1. The van der Waals surface area contributed by atoms with Gasteiger partial charge >= 0.3 is 0 Å². The molecule has 0 aliphatic carbocycles. The van der Waals surface area contributed by atoms with Crippen LogP contribution in [0.1, 0.15) is 46.3 Å². The highest BCUT2D eigenvalue weighted by molar-refractivity contribution is 7.09. The molecule has 1 aliphatic rings. The summed E-state index contributed by atoms with van der Waals surface area (Å²) >= 11 is 1.72. The molecule has 2 atom stereocenters. The molecular formula is C30H32N6O2S. The van der Waals surface area contributed by atoms with Gasteiger partial charge in [0.05, 0.1) is 18.2 Å². The van der Waals surface area contributed by atoms with Gasteiger partial charge in [-0.1, -0.05) is 54.6 Å². The van der Waals surface area contributed by atoms with Crippen LogP contribution in [0, 0.1) is 6.92 Å². The van der Waals surface area contributed by atoms with Gasteiger partial charge in [-0.3, -0.25) is 9.69 Å². The Kier molecular flexibility index (Phi) is 7.62. The smallest absolute Gasteiger partial charge is 0.253 e. The Balaban J connectivity index is 1.46. The van der Waals surface area contributed by atoms with Gasteiger partial charge in [-0.2, -0.15) is 0 Å². The van der Waals surface area contributed by atoms with Crippen molar-refractivity contribution in [3.63, 3.8) is 0 Å². The van der Waals surface area contributed by atoms with E-state index < -0.39 is 6.04 Å². The van der Waals surface area contributed by atoms with Crippen molar-refractivity contribution in [2.24, 2.45) is 0 Å². The van der Waals surface area contributed by atoms with Crippen LogP contribution in [0.3, 0.4) is 0 Å². The van der Waals surface area contributed by atoms with Gasteiger partial charge in [0.25, 0.3) is 5.56 Å². The van der Waals surface area contributed by atoms with Gasteiger partial charge in [-0.25, -0.2) is 4.68 Å². The lowest BCUT2D eigenvalue weighted by Crippen LogP contribution is -2.36. The molecule has 2 aromatic carbocycles. The lowest BCUT2D eigenvalue weighted by molar-refractivity contribution is 0.0906. The fraction of sp³-hybridized carbons (Fsp3) is 0.333. The Morgan fingerprint density at radius 2 is 2.05 bits per heavy atom. The highest BCUT2D eigenvalue weighted by atomic mass is 32.1. The van der Waals surface area contributed by atoms with Crippen molar-refractivity contribution in [3.05, 3.63) is 110 Å². The highest BCUT2D eigenvalue weighted by Gasteiger charge is 2.32. The van der Waals surface area contributed by atoms with Crippen LogP contribution < -0.4 is 5.56 Å². The molecule has 39 heavy (non-hydrogen) atoms. The minimum absolute atomic E-state index is 0.0699. The van der Waals surface area contributed by atoms with Crippen molar-refractivity contribution in [2.75, 3.05) is 13.2 Å². The average Bonchev–Trinajstić information content (AvgIpc) is 3.74. The number of fused-ring (bicyclic) bond motifs is 1. The van der Waals surface area contributed by atoms with Crippen LogP contribution in [0.25, 0.3) is 10.9 Å². The third-order valence-corrected chi connectivity index (χ3v) is 8.31. The van der Waals surface area contributed by atoms with Crippen LogP contribution in [0.2, 0.25) is 0 Å². The van der Waals surface area contributed by atoms with Gasteiger partial charge in [0, 0.05) is 30.1 Å². The lowest BCUT2D eigenvalue weighted by Gasteiger charge is -2.31. The molecule has 0 bridgehead atoms. The molecule has 1 fully saturated rings. The van der Waals surface area contributed by atoms with Crippen LogP contribution in [0.4, 0.5) is 0 Å². The average molecular weight is 541 g/mol. The minimum atomic E-state index is -0.444. The molecule has 1 saturated heterocycles. The molecule has 8 nitrogen and oxygen atoms in total. The summed E-state index contributed by atoms with van der Waals surface area (Å²) in [7, 11) is 0. The number of para-hydroxylation sites is 1. The molecule has 0 amide bonds. The standard InChI is InChI=1S/C30H32N6O2S/c1-21-8-5-11-23-18-26(30(37)31-27(21)23)28(29-32-33-34-36(29)19-24-12-6-16-38-24)35(20-25-13-7-17-39-25)15-14-22-9-3-2-4-10-22/h2-5,7-11,13,17-18,24,28H,6,12,14-16,19-20H2,1H3,(H,31,37)/t24-,28-/m0/s1. The number of aryl methyl sites for hydroxylation is 1. The van der Waals surface area contributed by atoms with Crippen molar-refractivity contribution in [1.82, 2.24) is 30.1 Å². The molecule has 9 heteroatoms. The van der Waals surface area contributed by atoms with Gasteiger partial charge in [0.15, 0.2) is 5.82 Å². The number of hydrogen-bond acceptors (Lipinski definition) is 7. The largest absolute Gasteiger partial charge is 0.376 e. The van der Waals surface area contributed by atoms with Gasteiger partial charge in [0.2, 0.25) is 0 Å². The number of rotatable bonds is 10. The molecule has 3 aromatic heterocycles. The fourth-order valence-electron chi connectivity index (χ4n) is 5.44.